The van der Waals surface area contributed by atoms with Crippen LogP contribution in [0.25, 0.3) is 0 Å². The lowest BCUT2D eigenvalue weighted by atomic mass is 10.3. The van der Waals surface area contributed by atoms with Crippen LogP contribution in [0.3, 0.4) is 0 Å². The van der Waals surface area contributed by atoms with Crippen LogP contribution >= 0.6 is 0 Å². The van der Waals surface area contributed by atoms with Gasteiger partial charge in [-0.1, -0.05) is 6.92 Å². The lowest BCUT2D eigenvalue weighted by Gasteiger charge is -2.09. The number of hydrogen-bond donors (Lipinski definition) is 3. The number of aryl methyl sites for hydroxylation is 2. The zero-order chi connectivity index (χ0) is 15.5. The monoisotopic (exact) mass is 308 g/mol. The molecule has 0 saturated heterocycles. The molecule has 0 aliphatic heterocycles. The van der Waals surface area contributed by atoms with E-state index < -0.39 is 10.0 Å². The van der Waals surface area contributed by atoms with E-state index in [2.05, 4.69) is 20.0 Å². The zero-order valence-corrected chi connectivity index (χ0v) is 13.2. The van der Waals surface area contributed by atoms with Crippen molar-refractivity contribution in [2.24, 2.45) is 0 Å². The van der Waals surface area contributed by atoms with Crippen LogP contribution < -0.4 is 10.0 Å². The third-order valence-electron chi connectivity index (χ3n) is 3.06. The van der Waals surface area contributed by atoms with Crippen LogP contribution in [-0.4, -0.2) is 24.9 Å². The van der Waals surface area contributed by atoms with Gasteiger partial charge >= 0.3 is 0 Å². The molecule has 114 valence electrons. The molecule has 2 rings (SSSR count). The third-order valence-corrected chi connectivity index (χ3v) is 4.41. The summed E-state index contributed by atoms with van der Waals surface area (Å²) in [6.45, 7) is 7.07. The highest BCUT2D eigenvalue weighted by atomic mass is 32.2. The molecular weight excluding hydrogens is 288 g/mol. The number of rotatable bonds is 6. The molecule has 0 unspecified atom stereocenters. The van der Waals surface area contributed by atoms with E-state index in [1.165, 1.54) is 6.20 Å². The quantitative estimate of drug-likeness (QED) is 0.761. The fourth-order valence-electron chi connectivity index (χ4n) is 1.93. The smallest absolute Gasteiger partial charge is 0.263 e. The molecule has 0 fully saturated rings. The number of aromatic amines is 1. The molecule has 0 radical (unpaired) electrons. The highest BCUT2D eigenvalue weighted by Gasteiger charge is 2.17. The van der Waals surface area contributed by atoms with Gasteiger partial charge in [-0.3, -0.25) is 9.71 Å². The molecule has 2 aromatic rings. The van der Waals surface area contributed by atoms with Crippen molar-refractivity contribution >= 4 is 15.7 Å². The number of nitrogens with zero attached hydrogens (tertiary/aromatic N) is 1. The minimum absolute atomic E-state index is 0.218. The van der Waals surface area contributed by atoms with Gasteiger partial charge in [-0.05, 0) is 38.6 Å². The van der Waals surface area contributed by atoms with Gasteiger partial charge in [0.25, 0.3) is 10.0 Å². The van der Waals surface area contributed by atoms with Gasteiger partial charge in [0.2, 0.25) is 0 Å². The first-order chi connectivity index (χ1) is 9.92. The molecule has 2 heterocycles. The number of nitrogens with one attached hydrogen (secondary N) is 3. The molecule has 0 bridgehead atoms. The van der Waals surface area contributed by atoms with Crippen molar-refractivity contribution in [2.75, 3.05) is 11.3 Å². The van der Waals surface area contributed by atoms with Crippen molar-refractivity contribution in [3.63, 3.8) is 0 Å². The van der Waals surface area contributed by atoms with Crippen molar-refractivity contribution < 1.29 is 8.42 Å². The molecule has 2 aromatic heterocycles. The lowest BCUT2D eigenvalue weighted by molar-refractivity contribution is 0.601. The molecule has 0 saturated carbocycles. The maximum Gasteiger partial charge on any atom is 0.263 e. The molecule has 0 aliphatic carbocycles. The Hall–Kier alpha value is -1.86. The minimum Gasteiger partial charge on any atom is -0.363 e. The first-order valence-corrected chi connectivity index (χ1v) is 8.26. The van der Waals surface area contributed by atoms with E-state index in [9.17, 15) is 8.42 Å². The Morgan fingerprint density at radius 1 is 1.29 bits per heavy atom. The number of anilines is 1. The number of H-pyrrole nitrogens is 1. The van der Waals surface area contributed by atoms with Gasteiger partial charge < -0.3 is 10.3 Å². The van der Waals surface area contributed by atoms with E-state index in [0.29, 0.717) is 17.9 Å². The Balaban J connectivity index is 2.19. The Morgan fingerprint density at radius 2 is 2.05 bits per heavy atom. The van der Waals surface area contributed by atoms with Gasteiger partial charge in [-0.15, -0.1) is 0 Å². The molecule has 0 spiro atoms. The fraction of sp³-hybridized carbons (Fsp3) is 0.357. The van der Waals surface area contributed by atoms with Crippen molar-refractivity contribution in [3.05, 3.63) is 41.5 Å². The second kappa shape index (κ2) is 6.28. The minimum atomic E-state index is -3.60. The van der Waals surface area contributed by atoms with Crippen molar-refractivity contribution in [3.8, 4) is 0 Å². The van der Waals surface area contributed by atoms with Crippen molar-refractivity contribution in [2.45, 2.75) is 32.2 Å². The number of sulfonamides is 1. The number of hydrogen-bond acceptors (Lipinski definition) is 4. The summed E-state index contributed by atoms with van der Waals surface area (Å²) in [4.78, 5) is 7.43. The maximum atomic E-state index is 12.3. The predicted octanol–water partition coefficient (Wildman–Crippen LogP) is 1.94. The SMILES string of the molecule is CCNCc1cc(S(=O)(=O)Nc2ccc(C)nc2C)c[nH]1. The Labute approximate surface area is 125 Å². The van der Waals surface area contributed by atoms with Gasteiger partial charge in [0.1, 0.15) is 4.90 Å². The summed E-state index contributed by atoms with van der Waals surface area (Å²) in [7, 11) is -3.60. The summed E-state index contributed by atoms with van der Waals surface area (Å²) < 4.78 is 27.3. The van der Waals surface area contributed by atoms with Gasteiger partial charge in [-0.2, -0.15) is 0 Å². The van der Waals surface area contributed by atoms with Crippen LogP contribution in [0.2, 0.25) is 0 Å². The fourth-order valence-corrected chi connectivity index (χ4v) is 3.07. The average molecular weight is 308 g/mol. The van der Waals surface area contributed by atoms with Crippen LogP contribution in [-0.2, 0) is 16.6 Å². The summed E-state index contributed by atoms with van der Waals surface area (Å²) in [5.41, 5.74) is 2.83. The largest absolute Gasteiger partial charge is 0.363 e. The Bertz CT molecular complexity index is 722. The average Bonchev–Trinajstić information content (AvgIpc) is 2.89. The van der Waals surface area contributed by atoms with Crippen LogP contribution in [0.15, 0.2) is 29.3 Å². The van der Waals surface area contributed by atoms with Crippen molar-refractivity contribution in [1.82, 2.24) is 15.3 Å². The third kappa shape index (κ3) is 3.83. The second-order valence-corrected chi connectivity index (χ2v) is 6.51. The first kappa shape index (κ1) is 15.5. The van der Waals surface area contributed by atoms with Crippen LogP contribution in [0.1, 0.15) is 24.0 Å². The van der Waals surface area contributed by atoms with Crippen LogP contribution in [0.4, 0.5) is 5.69 Å². The van der Waals surface area contributed by atoms with Crippen molar-refractivity contribution in [1.29, 1.82) is 0 Å². The maximum absolute atomic E-state index is 12.3. The molecular formula is C14H20N4O2S. The van der Waals surface area contributed by atoms with E-state index in [0.717, 1.165) is 17.9 Å². The molecule has 0 atom stereocenters. The summed E-state index contributed by atoms with van der Waals surface area (Å²) in [6, 6.07) is 5.13. The second-order valence-electron chi connectivity index (χ2n) is 4.83. The molecule has 3 N–H and O–H groups in total. The molecule has 0 aliphatic rings. The molecule has 21 heavy (non-hydrogen) atoms. The number of pyridine rings is 1. The van der Waals surface area contributed by atoms with E-state index in [-0.39, 0.29) is 4.90 Å². The molecule has 7 heteroatoms. The predicted molar refractivity (Wildman–Crippen MR) is 82.7 cm³/mol. The standard InChI is InChI=1S/C14H20N4O2S/c1-4-15-8-12-7-13(9-16-12)21(19,20)18-14-6-5-10(2)17-11(14)3/h5-7,9,15-16,18H,4,8H2,1-3H3. The van der Waals surface area contributed by atoms with Gasteiger partial charge in [0.15, 0.2) is 0 Å². The topological polar surface area (TPSA) is 86.9 Å². The zero-order valence-electron chi connectivity index (χ0n) is 12.4. The van der Waals surface area contributed by atoms with Crippen LogP contribution in [0.5, 0.6) is 0 Å². The molecule has 0 aromatic carbocycles. The van der Waals surface area contributed by atoms with E-state index in [4.69, 9.17) is 0 Å². The first-order valence-electron chi connectivity index (χ1n) is 6.77. The van der Waals surface area contributed by atoms with E-state index >= 15 is 0 Å². The van der Waals surface area contributed by atoms with E-state index in [1.54, 1.807) is 25.1 Å². The normalized spacial score (nSPS) is 11.6. The molecule has 6 nitrogen and oxygen atoms in total. The van der Waals surface area contributed by atoms with Crippen LogP contribution in [0, 0.1) is 13.8 Å². The highest BCUT2D eigenvalue weighted by molar-refractivity contribution is 7.92. The Morgan fingerprint density at radius 3 is 2.71 bits per heavy atom. The lowest BCUT2D eigenvalue weighted by Crippen LogP contribution is -2.14. The summed E-state index contributed by atoms with van der Waals surface area (Å²) in [6.07, 6.45) is 1.49. The van der Waals surface area contributed by atoms with Gasteiger partial charge in [-0.25, -0.2) is 8.42 Å². The van der Waals surface area contributed by atoms with E-state index in [1.807, 2.05) is 13.8 Å². The summed E-state index contributed by atoms with van der Waals surface area (Å²) in [5, 5.41) is 3.14. The van der Waals surface area contributed by atoms with Gasteiger partial charge in [0.05, 0.1) is 11.4 Å². The molecule has 0 amide bonds. The Kier molecular flexibility index (Phi) is 4.64. The number of aromatic nitrogens is 2. The summed E-state index contributed by atoms with van der Waals surface area (Å²) >= 11 is 0. The highest BCUT2D eigenvalue weighted by Crippen LogP contribution is 2.19. The van der Waals surface area contributed by atoms with Gasteiger partial charge in [0, 0.05) is 24.1 Å². The summed E-state index contributed by atoms with van der Waals surface area (Å²) in [5.74, 6) is 0.